The zero-order chi connectivity index (χ0) is 21.2. The Morgan fingerprint density at radius 1 is 1.23 bits per heavy atom. The third-order valence-electron chi connectivity index (χ3n) is 6.94. The second kappa shape index (κ2) is 9.20. The van der Waals surface area contributed by atoms with E-state index in [1.165, 1.54) is 6.42 Å². The largest absolute Gasteiger partial charge is 0.355 e. The lowest BCUT2D eigenvalue weighted by Crippen LogP contribution is -2.46. The van der Waals surface area contributed by atoms with Gasteiger partial charge in [0.25, 0.3) is 0 Å². The molecule has 0 spiro atoms. The number of hydrogen-bond acceptors (Lipinski definition) is 7. The second-order valence-corrected chi connectivity index (χ2v) is 9.08. The summed E-state index contributed by atoms with van der Waals surface area (Å²) in [7, 11) is 0. The molecule has 3 aliphatic rings. The molecule has 5 rings (SSSR count). The maximum absolute atomic E-state index is 12.6. The van der Waals surface area contributed by atoms with E-state index in [2.05, 4.69) is 44.4 Å². The zero-order valence-electron chi connectivity index (χ0n) is 17.9. The summed E-state index contributed by atoms with van der Waals surface area (Å²) in [5.74, 6) is 1.43. The molecule has 2 aromatic heterocycles. The number of nitrogens with zero attached hydrogens (tertiary/aromatic N) is 4. The summed E-state index contributed by atoms with van der Waals surface area (Å²) >= 11 is 0. The molecule has 0 aromatic carbocycles. The van der Waals surface area contributed by atoms with Crippen LogP contribution < -0.4 is 26.8 Å². The lowest BCUT2D eigenvalue weighted by Gasteiger charge is -2.34. The highest BCUT2D eigenvalue weighted by atomic mass is 19.1. The quantitative estimate of drug-likeness (QED) is 0.572. The molecular weight excluding hydrogens is 395 g/mol. The number of hydrazine groups is 1. The Morgan fingerprint density at radius 3 is 3.06 bits per heavy atom. The average Bonchev–Trinajstić information content (AvgIpc) is 3.37. The van der Waals surface area contributed by atoms with Crippen LogP contribution in [0.4, 0.5) is 10.2 Å². The van der Waals surface area contributed by atoms with Crippen LogP contribution in [0, 0.1) is 5.92 Å². The van der Waals surface area contributed by atoms with E-state index in [0.29, 0.717) is 18.5 Å². The number of aromatic nitrogens is 3. The first-order chi connectivity index (χ1) is 15.2. The number of piperidine rings is 1. The van der Waals surface area contributed by atoms with Gasteiger partial charge in [0.2, 0.25) is 0 Å². The lowest BCUT2D eigenvalue weighted by atomic mass is 9.82. The van der Waals surface area contributed by atoms with Gasteiger partial charge in [0, 0.05) is 55.4 Å². The molecule has 3 aliphatic heterocycles. The third kappa shape index (κ3) is 4.45. The minimum Gasteiger partial charge on any atom is -0.355 e. The van der Waals surface area contributed by atoms with Gasteiger partial charge in [-0.2, -0.15) is 5.10 Å². The Kier molecular flexibility index (Phi) is 6.17. The van der Waals surface area contributed by atoms with Crippen molar-refractivity contribution in [1.29, 1.82) is 0 Å². The monoisotopic (exact) mass is 428 g/mol. The van der Waals surface area contributed by atoms with Crippen LogP contribution in [-0.4, -0.2) is 53.2 Å². The first-order valence-corrected chi connectivity index (χ1v) is 11.5. The predicted molar refractivity (Wildman–Crippen MR) is 118 cm³/mol. The topological polar surface area (TPSA) is 96.1 Å². The Bertz CT molecular complexity index is 873. The van der Waals surface area contributed by atoms with Gasteiger partial charge < -0.3 is 16.0 Å². The number of pyridine rings is 1. The summed E-state index contributed by atoms with van der Waals surface area (Å²) in [5.41, 5.74) is 15.4. The number of fused-ring (bicyclic) bond motifs is 1. The van der Waals surface area contributed by atoms with Crippen LogP contribution in [0.15, 0.2) is 30.6 Å². The smallest absolute Gasteiger partial charge is 0.128 e. The Labute approximate surface area is 182 Å². The van der Waals surface area contributed by atoms with Crippen molar-refractivity contribution in [2.75, 3.05) is 31.2 Å². The van der Waals surface area contributed by atoms with E-state index in [1.54, 1.807) is 4.68 Å². The number of rotatable bonds is 5. The van der Waals surface area contributed by atoms with Gasteiger partial charge in [-0.15, -0.1) is 0 Å². The zero-order valence-corrected chi connectivity index (χ0v) is 17.9. The first kappa shape index (κ1) is 20.8. The molecule has 5 heterocycles. The van der Waals surface area contributed by atoms with E-state index in [9.17, 15) is 4.39 Å². The number of nitrogens with one attached hydrogen (secondary N) is 3. The van der Waals surface area contributed by atoms with Gasteiger partial charge in [0.05, 0.1) is 24.5 Å². The van der Waals surface area contributed by atoms with Crippen LogP contribution in [-0.2, 0) is 6.54 Å². The summed E-state index contributed by atoms with van der Waals surface area (Å²) < 4.78 is 14.3. The molecule has 31 heavy (non-hydrogen) atoms. The van der Waals surface area contributed by atoms with E-state index in [-0.39, 0.29) is 18.1 Å². The summed E-state index contributed by atoms with van der Waals surface area (Å²) in [4.78, 5) is 7.40. The van der Waals surface area contributed by atoms with E-state index in [4.69, 9.17) is 10.7 Å². The molecule has 0 amide bonds. The van der Waals surface area contributed by atoms with Crippen LogP contribution in [0.3, 0.4) is 0 Å². The van der Waals surface area contributed by atoms with Crippen LogP contribution in [0.5, 0.6) is 0 Å². The summed E-state index contributed by atoms with van der Waals surface area (Å²) in [6.07, 6.45) is 8.23. The Morgan fingerprint density at radius 2 is 2.16 bits per heavy atom. The van der Waals surface area contributed by atoms with Gasteiger partial charge in [-0.1, -0.05) is 12.5 Å². The van der Waals surface area contributed by atoms with Crippen molar-refractivity contribution in [2.45, 2.75) is 56.4 Å². The summed E-state index contributed by atoms with van der Waals surface area (Å²) in [5, 5.41) is 7.92. The van der Waals surface area contributed by atoms with Gasteiger partial charge in [0.15, 0.2) is 0 Å². The van der Waals surface area contributed by atoms with Crippen molar-refractivity contribution in [3.05, 3.63) is 41.9 Å². The number of hydrogen-bond donors (Lipinski definition) is 4. The van der Waals surface area contributed by atoms with Crippen molar-refractivity contribution in [3.63, 3.8) is 0 Å². The molecule has 4 unspecified atom stereocenters. The molecule has 9 heteroatoms. The molecule has 8 nitrogen and oxygen atoms in total. The van der Waals surface area contributed by atoms with Crippen molar-refractivity contribution in [2.24, 2.45) is 11.7 Å². The van der Waals surface area contributed by atoms with Crippen molar-refractivity contribution >= 4 is 5.82 Å². The Balaban J connectivity index is 1.32. The third-order valence-corrected chi connectivity index (χ3v) is 6.94. The predicted octanol–water partition coefficient (Wildman–Crippen LogP) is 1.43. The van der Waals surface area contributed by atoms with E-state index >= 15 is 0 Å². The normalized spacial score (nSPS) is 31.4. The summed E-state index contributed by atoms with van der Waals surface area (Å²) in [6.45, 7) is 2.66. The summed E-state index contributed by atoms with van der Waals surface area (Å²) in [6, 6.07) is 7.27. The molecule has 3 fully saturated rings. The maximum atomic E-state index is 12.6. The van der Waals surface area contributed by atoms with Crippen molar-refractivity contribution in [3.8, 4) is 0 Å². The van der Waals surface area contributed by atoms with Gasteiger partial charge in [-0.3, -0.25) is 10.1 Å². The number of nitrogens with two attached hydrogens (primary N) is 1. The van der Waals surface area contributed by atoms with Gasteiger partial charge in [-0.25, -0.2) is 14.8 Å². The standard InChI is InChI=1S/C22H33FN8/c23-7-9-31-13-15(11-26-31)19-10-17-20(12-25-19)28-29-22(17)18-5-3-6-21(27-18)30-8-2-1-4-16(24)14-30/h3,5-6,11,13,16-17,19-20,22,25,28-29H,1-2,4,7-10,12,14,24H2/t16-,17?,19?,20?,22?/m1/s1. The van der Waals surface area contributed by atoms with Gasteiger partial charge >= 0.3 is 0 Å². The molecule has 5 atom stereocenters. The molecular formula is C22H33FN8. The molecule has 0 aliphatic carbocycles. The number of anilines is 1. The molecule has 168 valence electrons. The maximum Gasteiger partial charge on any atom is 0.128 e. The van der Waals surface area contributed by atoms with E-state index in [0.717, 1.165) is 56.0 Å². The fourth-order valence-corrected chi connectivity index (χ4v) is 5.26. The highest BCUT2D eigenvalue weighted by molar-refractivity contribution is 5.40. The first-order valence-electron chi connectivity index (χ1n) is 11.5. The molecule has 5 N–H and O–H groups in total. The molecule has 2 aromatic rings. The van der Waals surface area contributed by atoms with Crippen molar-refractivity contribution in [1.82, 2.24) is 30.9 Å². The highest BCUT2D eigenvalue weighted by Crippen LogP contribution is 2.38. The lowest BCUT2D eigenvalue weighted by molar-refractivity contribution is 0.265. The van der Waals surface area contributed by atoms with E-state index < -0.39 is 6.67 Å². The van der Waals surface area contributed by atoms with Crippen molar-refractivity contribution < 1.29 is 4.39 Å². The number of halogens is 1. The van der Waals surface area contributed by atoms with Crippen LogP contribution in [0.1, 0.15) is 49.0 Å². The second-order valence-electron chi connectivity index (χ2n) is 9.08. The number of alkyl halides is 1. The van der Waals surface area contributed by atoms with Crippen LogP contribution >= 0.6 is 0 Å². The molecule has 0 bridgehead atoms. The fourth-order valence-electron chi connectivity index (χ4n) is 5.26. The molecule has 0 radical (unpaired) electrons. The van der Waals surface area contributed by atoms with E-state index in [1.807, 2.05) is 12.4 Å². The Hall–Kier alpha value is -2.07. The number of aryl methyl sites for hydroxylation is 1. The molecule has 3 saturated heterocycles. The molecule has 0 saturated carbocycles. The van der Waals surface area contributed by atoms with Gasteiger partial charge in [0.1, 0.15) is 12.5 Å². The van der Waals surface area contributed by atoms with Gasteiger partial charge in [-0.05, 0) is 31.4 Å². The van der Waals surface area contributed by atoms with Crippen LogP contribution in [0.2, 0.25) is 0 Å². The minimum absolute atomic E-state index is 0.149. The SMILES string of the molecule is N[C@@H]1CCCCN(c2cccc(C3NNC4CNC(c5cnn(CCF)c5)CC43)n2)C1. The van der Waals surface area contributed by atoms with Crippen LogP contribution in [0.25, 0.3) is 0 Å². The minimum atomic E-state index is -0.399. The highest BCUT2D eigenvalue weighted by Gasteiger charge is 2.42. The average molecular weight is 429 g/mol. The fraction of sp³-hybridized carbons (Fsp3) is 0.636.